The van der Waals surface area contributed by atoms with Gasteiger partial charge in [0.15, 0.2) is 0 Å². The Morgan fingerprint density at radius 1 is 0.938 bits per heavy atom. The van der Waals surface area contributed by atoms with Gasteiger partial charge in [0.1, 0.15) is 6.29 Å². The van der Waals surface area contributed by atoms with Crippen LogP contribution < -0.4 is 0 Å². The largest absolute Gasteiger partial charge is 0.469 e. The van der Waals surface area contributed by atoms with Crippen molar-refractivity contribution in [1.82, 2.24) is 0 Å². The summed E-state index contributed by atoms with van der Waals surface area (Å²) in [4.78, 5) is 20.9. The summed E-state index contributed by atoms with van der Waals surface area (Å²) in [7, 11) is 1.43. The third-order valence-corrected chi connectivity index (χ3v) is 2.68. The van der Waals surface area contributed by atoms with Crippen molar-refractivity contribution in [3.8, 4) is 0 Å². The van der Waals surface area contributed by atoms with Crippen molar-refractivity contribution in [2.24, 2.45) is 0 Å². The fourth-order valence-corrected chi connectivity index (χ4v) is 1.66. The molecule has 0 unspecified atom stereocenters. The van der Waals surface area contributed by atoms with Gasteiger partial charge in [-0.15, -0.1) is 0 Å². The molecule has 0 fully saturated rings. The fourth-order valence-electron chi connectivity index (χ4n) is 1.66. The molecule has 0 bridgehead atoms. The quantitative estimate of drug-likeness (QED) is 0.310. The van der Waals surface area contributed by atoms with Gasteiger partial charge in [-0.1, -0.05) is 38.5 Å². The van der Waals surface area contributed by atoms with E-state index in [4.69, 9.17) is 0 Å². The topological polar surface area (TPSA) is 43.4 Å². The van der Waals surface area contributed by atoms with Crippen LogP contribution in [-0.4, -0.2) is 19.4 Å². The molecule has 0 amide bonds. The Morgan fingerprint density at radius 2 is 1.44 bits per heavy atom. The van der Waals surface area contributed by atoms with Crippen LogP contribution >= 0.6 is 0 Å². The summed E-state index contributed by atoms with van der Waals surface area (Å²) in [5.41, 5.74) is 0. The maximum atomic E-state index is 10.8. The molecule has 0 N–H and O–H groups in total. The van der Waals surface area contributed by atoms with Gasteiger partial charge in [0, 0.05) is 12.8 Å². The number of aldehydes is 1. The number of esters is 1. The second-order valence-electron chi connectivity index (χ2n) is 4.11. The van der Waals surface area contributed by atoms with Gasteiger partial charge in [-0.3, -0.25) is 4.79 Å². The molecule has 3 nitrogen and oxygen atoms in total. The maximum Gasteiger partial charge on any atom is 0.305 e. The van der Waals surface area contributed by atoms with Crippen molar-refractivity contribution in [3.05, 3.63) is 0 Å². The van der Waals surface area contributed by atoms with Crippen LogP contribution in [0.4, 0.5) is 0 Å². The van der Waals surface area contributed by atoms with Crippen molar-refractivity contribution in [2.45, 2.75) is 64.2 Å². The summed E-state index contributed by atoms with van der Waals surface area (Å²) in [5.74, 6) is -0.103. The van der Waals surface area contributed by atoms with Crippen LogP contribution in [0.3, 0.4) is 0 Å². The Labute approximate surface area is 98.6 Å². The van der Waals surface area contributed by atoms with Gasteiger partial charge in [0.25, 0.3) is 0 Å². The Hall–Kier alpha value is -0.860. The van der Waals surface area contributed by atoms with Crippen LogP contribution in [0.1, 0.15) is 64.2 Å². The Balaban J connectivity index is 2.98. The van der Waals surface area contributed by atoms with Crippen LogP contribution in [0.5, 0.6) is 0 Å². The zero-order valence-corrected chi connectivity index (χ0v) is 10.4. The molecule has 94 valence electrons. The molecule has 0 saturated heterocycles. The van der Waals surface area contributed by atoms with E-state index >= 15 is 0 Å². The lowest BCUT2D eigenvalue weighted by Gasteiger charge is -2.01. The van der Waals surface area contributed by atoms with E-state index in [9.17, 15) is 9.59 Å². The number of carbonyl (C=O) groups is 2. The number of methoxy groups -OCH3 is 1. The van der Waals surface area contributed by atoms with E-state index in [0.29, 0.717) is 12.8 Å². The minimum Gasteiger partial charge on any atom is -0.469 e. The summed E-state index contributed by atoms with van der Waals surface area (Å²) < 4.78 is 4.57. The number of ether oxygens (including phenoxy) is 1. The molecule has 0 heterocycles. The Morgan fingerprint density at radius 3 is 1.94 bits per heavy atom. The van der Waals surface area contributed by atoms with Crippen LogP contribution in [0.15, 0.2) is 0 Å². The van der Waals surface area contributed by atoms with Gasteiger partial charge in [-0.05, 0) is 12.8 Å². The Kier molecular flexibility index (Phi) is 11.6. The highest BCUT2D eigenvalue weighted by Crippen LogP contribution is 2.10. The third-order valence-electron chi connectivity index (χ3n) is 2.68. The number of carbonyl (C=O) groups excluding carboxylic acids is 2. The molecule has 3 heteroatoms. The molecule has 0 aliphatic carbocycles. The van der Waals surface area contributed by atoms with E-state index in [0.717, 1.165) is 25.5 Å². The van der Waals surface area contributed by atoms with E-state index in [1.807, 2.05) is 0 Å². The minimum absolute atomic E-state index is 0.103. The predicted molar refractivity (Wildman–Crippen MR) is 64.3 cm³/mol. The van der Waals surface area contributed by atoms with Crippen molar-refractivity contribution >= 4 is 12.3 Å². The number of rotatable bonds is 11. The minimum atomic E-state index is -0.103. The van der Waals surface area contributed by atoms with Gasteiger partial charge in [-0.2, -0.15) is 0 Å². The predicted octanol–water partition coefficient (Wildman–Crippen LogP) is 3.26. The zero-order chi connectivity index (χ0) is 12.1. The summed E-state index contributed by atoms with van der Waals surface area (Å²) >= 11 is 0. The lowest BCUT2D eigenvalue weighted by molar-refractivity contribution is -0.140. The molecular weight excluding hydrogens is 204 g/mol. The average Bonchev–Trinajstić information content (AvgIpc) is 2.31. The van der Waals surface area contributed by atoms with Gasteiger partial charge in [-0.25, -0.2) is 0 Å². The standard InChI is InChI=1S/C13H24O3/c1-16-13(15)11-9-7-5-3-2-4-6-8-10-12-14/h12H,2-11H2,1H3. The molecular formula is C13H24O3. The van der Waals surface area contributed by atoms with Crippen molar-refractivity contribution < 1.29 is 14.3 Å². The molecule has 0 rings (SSSR count). The van der Waals surface area contributed by atoms with Crippen LogP contribution in [0.2, 0.25) is 0 Å². The van der Waals surface area contributed by atoms with Gasteiger partial charge < -0.3 is 9.53 Å². The molecule has 0 spiro atoms. The molecule has 0 atom stereocenters. The van der Waals surface area contributed by atoms with Crippen molar-refractivity contribution in [1.29, 1.82) is 0 Å². The monoisotopic (exact) mass is 228 g/mol. The lowest BCUT2D eigenvalue weighted by Crippen LogP contribution is -1.99. The van der Waals surface area contributed by atoms with Crippen molar-refractivity contribution in [3.63, 3.8) is 0 Å². The van der Waals surface area contributed by atoms with E-state index < -0.39 is 0 Å². The number of hydrogen-bond acceptors (Lipinski definition) is 3. The smallest absolute Gasteiger partial charge is 0.305 e. The molecule has 0 aliphatic heterocycles. The molecule has 16 heavy (non-hydrogen) atoms. The Bertz CT molecular complexity index is 178. The summed E-state index contributed by atoms with van der Waals surface area (Å²) in [6.45, 7) is 0. The molecule has 0 saturated carbocycles. The lowest BCUT2D eigenvalue weighted by atomic mass is 10.1. The summed E-state index contributed by atoms with van der Waals surface area (Å²) in [5, 5.41) is 0. The second kappa shape index (κ2) is 12.2. The van der Waals surface area contributed by atoms with Crippen LogP contribution in [0.25, 0.3) is 0 Å². The molecule has 0 aromatic rings. The highest BCUT2D eigenvalue weighted by molar-refractivity contribution is 5.68. The third kappa shape index (κ3) is 11.2. The van der Waals surface area contributed by atoms with Crippen LogP contribution in [0, 0.1) is 0 Å². The SMILES string of the molecule is COC(=O)CCCCCCCCCCC=O. The first kappa shape index (κ1) is 15.1. The normalized spacial score (nSPS) is 10.1. The van der Waals surface area contributed by atoms with Crippen molar-refractivity contribution in [2.75, 3.05) is 7.11 Å². The average molecular weight is 228 g/mol. The van der Waals surface area contributed by atoms with Gasteiger partial charge in [0.05, 0.1) is 7.11 Å². The number of unbranched alkanes of at least 4 members (excludes halogenated alkanes) is 8. The first-order chi connectivity index (χ1) is 7.81. The van der Waals surface area contributed by atoms with Crippen LogP contribution in [-0.2, 0) is 14.3 Å². The van der Waals surface area contributed by atoms with Gasteiger partial charge in [0.2, 0.25) is 0 Å². The summed E-state index contributed by atoms with van der Waals surface area (Å²) in [6.07, 6.45) is 11.4. The first-order valence-electron chi connectivity index (χ1n) is 6.31. The summed E-state index contributed by atoms with van der Waals surface area (Å²) in [6, 6.07) is 0. The molecule has 0 radical (unpaired) electrons. The highest BCUT2D eigenvalue weighted by atomic mass is 16.5. The fraction of sp³-hybridized carbons (Fsp3) is 0.846. The first-order valence-corrected chi connectivity index (χ1v) is 6.31. The number of hydrogen-bond donors (Lipinski definition) is 0. The highest BCUT2D eigenvalue weighted by Gasteiger charge is 1.98. The van der Waals surface area contributed by atoms with Gasteiger partial charge >= 0.3 is 5.97 Å². The molecule has 0 aromatic carbocycles. The van der Waals surface area contributed by atoms with E-state index in [-0.39, 0.29) is 5.97 Å². The second-order valence-corrected chi connectivity index (χ2v) is 4.11. The molecule has 0 aliphatic rings. The van der Waals surface area contributed by atoms with E-state index in [2.05, 4.69) is 4.74 Å². The van der Waals surface area contributed by atoms with E-state index in [1.165, 1.54) is 39.2 Å². The zero-order valence-electron chi connectivity index (χ0n) is 10.4. The maximum absolute atomic E-state index is 10.8. The molecule has 0 aromatic heterocycles. The van der Waals surface area contributed by atoms with E-state index in [1.54, 1.807) is 0 Å².